The monoisotopic (exact) mass is 325 g/mol. The number of benzene rings is 1. The molecule has 0 spiro atoms. The highest BCUT2D eigenvalue weighted by atomic mass is 35.5. The third-order valence-corrected chi connectivity index (χ3v) is 5.48. The number of aliphatic hydroxyl groups is 1. The Morgan fingerprint density at radius 2 is 1.79 bits per heavy atom. The van der Waals surface area contributed by atoms with E-state index in [4.69, 9.17) is 28.3 Å². The van der Waals surface area contributed by atoms with Crippen molar-refractivity contribution in [2.75, 3.05) is 19.7 Å². The maximum absolute atomic E-state index is 12.5. The molecule has 0 aliphatic carbocycles. The number of nitrogens with zero attached hydrogens (tertiary/aromatic N) is 1. The van der Waals surface area contributed by atoms with E-state index in [1.54, 1.807) is 6.07 Å². The van der Waals surface area contributed by atoms with Gasteiger partial charge in [-0.2, -0.15) is 4.31 Å². The van der Waals surface area contributed by atoms with E-state index in [0.717, 1.165) is 6.42 Å². The maximum Gasteiger partial charge on any atom is 0.246 e. The Morgan fingerprint density at radius 1 is 1.21 bits per heavy atom. The van der Waals surface area contributed by atoms with Crippen LogP contribution in [0.3, 0.4) is 0 Å². The van der Waals surface area contributed by atoms with Crippen molar-refractivity contribution in [3.8, 4) is 0 Å². The van der Waals surface area contributed by atoms with Crippen molar-refractivity contribution in [2.45, 2.75) is 24.7 Å². The second-order valence-electron chi connectivity index (χ2n) is 4.03. The number of rotatable bonds is 7. The van der Waals surface area contributed by atoms with Gasteiger partial charge in [0.25, 0.3) is 0 Å². The Labute approximate surface area is 124 Å². The van der Waals surface area contributed by atoms with Crippen LogP contribution in [0.5, 0.6) is 0 Å². The summed E-state index contributed by atoms with van der Waals surface area (Å²) in [6.45, 7) is 2.09. The molecule has 1 aromatic carbocycles. The molecular weight excluding hydrogens is 309 g/mol. The molecule has 0 fully saturated rings. The Hall–Kier alpha value is -0.330. The lowest BCUT2D eigenvalue weighted by atomic mass is 10.3. The van der Waals surface area contributed by atoms with Crippen molar-refractivity contribution in [1.29, 1.82) is 0 Å². The van der Waals surface area contributed by atoms with Crippen LogP contribution in [0.1, 0.15) is 19.8 Å². The molecular formula is C12H17Cl2NO3S. The molecule has 0 unspecified atom stereocenters. The first-order valence-corrected chi connectivity index (χ1v) is 8.19. The second-order valence-corrected chi connectivity index (χ2v) is 6.72. The van der Waals surface area contributed by atoms with Crippen molar-refractivity contribution < 1.29 is 13.5 Å². The lowest BCUT2D eigenvalue weighted by Crippen LogP contribution is -2.34. The van der Waals surface area contributed by atoms with Crippen LogP contribution in [-0.2, 0) is 10.0 Å². The van der Waals surface area contributed by atoms with Gasteiger partial charge >= 0.3 is 0 Å². The highest BCUT2D eigenvalue weighted by Crippen LogP contribution is 2.31. The zero-order valence-electron chi connectivity index (χ0n) is 10.6. The Balaban J connectivity index is 3.19. The number of halogens is 2. The Kier molecular flexibility index (Phi) is 6.56. The number of unbranched alkanes of at least 4 members (excludes halogenated alkanes) is 1. The first-order valence-electron chi connectivity index (χ1n) is 6.00. The molecule has 0 aliphatic heterocycles. The molecule has 0 amide bonds. The predicted octanol–water partition coefficient (Wildman–Crippen LogP) is 2.78. The Bertz CT molecular complexity index is 499. The predicted molar refractivity (Wildman–Crippen MR) is 77.2 cm³/mol. The molecule has 0 heterocycles. The van der Waals surface area contributed by atoms with Gasteiger partial charge in [-0.15, -0.1) is 0 Å². The van der Waals surface area contributed by atoms with Crippen molar-refractivity contribution in [1.82, 2.24) is 4.31 Å². The zero-order chi connectivity index (χ0) is 14.5. The smallest absolute Gasteiger partial charge is 0.246 e. The molecule has 0 radical (unpaired) electrons. The summed E-state index contributed by atoms with van der Waals surface area (Å²) in [4.78, 5) is -0.0945. The largest absolute Gasteiger partial charge is 0.395 e. The minimum absolute atomic E-state index is 0.0316. The zero-order valence-corrected chi connectivity index (χ0v) is 13.0. The van der Waals surface area contributed by atoms with Gasteiger partial charge in [0.2, 0.25) is 10.0 Å². The van der Waals surface area contributed by atoms with E-state index < -0.39 is 10.0 Å². The SMILES string of the molecule is CCCCN(CCO)S(=O)(=O)c1c(Cl)cccc1Cl. The van der Waals surface area contributed by atoms with E-state index >= 15 is 0 Å². The number of hydrogen-bond donors (Lipinski definition) is 1. The molecule has 0 saturated carbocycles. The van der Waals surface area contributed by atoms with E-state index in [-0.39, 0.29) is 28.1 Å². The molecule has 0 aliphatic rings. The first kappa shape index (κ1) is 16.7. The molecule has 108 valence electrons. The van der Waals surface area contributed by atoms with Crippen LogP contribution in [0.25, 0.3) is 0 Å². The lowest BCUT2D eigenvalue weighted by Gasteiger charge is -2.22. The van der Waals surface area contributed by atoms with Gasteiger partial charge in [-0.05, 0) is 18.6 Å². The third kappa shape index (κ3) is 4.07. The summed E-state index contributed by atoms with van der Waals surface area (Å²) < 4.78 is 26.2. The normalized spacial score (nSPS) is 12.1. The van der Waals surface area contributed by atoms with Crippen LogP contribution >= 0.6 is 23.2 Å². The van der Waals surface area contributed by atoms with Crippen molar-refractivity contribution in [3.63, 3.8) is 0 Å². The summed E-state index contributed by atoms with van der Waals surface area (Å²) in [6.07, 6.45) is 1.56. The number of sulfonamides is 1. The molecule has 1 aromatic rings. The molecule has 0 saturated heterocycles. The molecule has 0 bridgehead atoms. The number of hydrogen-bond acceptors (Lipinski definition) is 3. The van der Waals surface area contributed by atoms with Gasteiger partial charge in [0.15, 0.2) is 0 Å². The summed E-state index contributed by atoms with van der Waals surface area (Å²) in [5, 5.41) is 9.19. The fourth-order valence-electron chi connectivity index (χ4n) is 1.66. The standard InChI is InChI=1S/C12H17Cl2NO3S/c1-2-3-7-15(8-9-16)19(17,18)12-10(13)5-4-6-11(12)14/h4-6,16H,2-3,7-9H2,1H3. The number of aliphatic hydroxyl groups excluding tert-OH is 1. The molecule has 0 atom stereocenters. The summed E-state index contributed by atoms with van der Waals surface area (Å²) in [5.74, 6) is 0. The van der Waals surface area contributed by atoms with Gasteiger partial charge < -0.3 is 5.11 Å². The third-order valence-electron chi connectivity index (χ3n) is 2.63. The quantitative estimate of drug-likeness (QED) is 0.838. The van der Waals surface area contributed by atoms with E-state index in [1.807, 2.05) is 6.92 Å². The van der Waals surface area contributed by atoms with Gasteiger partial charge in [-0.3, -0.25) is 0 Å². The van der Waals surface area contributed by atoms with Gasteiger partial charge in [0, 0.05) is 13.1 Å². The van der Waals surface area contributed by atoms with Crippen LogP contribution in [0.2, 0.25) is 10.0 Å². The summed E-state index contributed by atoms with van der Waals surface area (Å²) in [5.41, 5.74) is 0. The van der Waals surface area contributed by atoms with Crippen LogP contribution in [0, 0.1) is 0 Å². The average Bonchev–Trinajstić information content (AvgIpc) is 2.33. The van der Waals surface area contributed by atoms with Crippen molar-refractivity contribution >= 4 is 33.2 Å². The van der Waals surface area contributed by atoms with Crippen LogP contribution in [-0.4, -0.2) is 37.5 Å². The van der Waals surface area contributed by atoms with E-state index in [0.29, 0.717) is 13.0 Å². The van der Waals surface area contributed by atoms with Gasteiger partial charge in [-0.1, -0.05) is 42.6 Å². The topological polar surface area (TPSA) is 57.6 Å². The summed E-state index contributed by atoms with van der Waals surface area (Å²) in [6, 6.07) is 4.56. The molecule has 4 nitrogen and oxygen atoms in total. The Morgan fingerprint density at radius 3 is 2.26 bits per heavy atom. The van der Waals surface area contributed by atoms with Crippen LogP contribution in [0.15, 0.2) is 23.1 Å². The highest BCUT2D eigenvalue weighted by molar-refractivity contribution is 7.89. The van der Waals surface area contributed by atoms with Crippen molar-refractivity contribution in [2.24, 2.45) is 0 Å². The maximum atomic E-state index is 12.5. The van der Waals surface area contributed by atoms with E-state index in [1.165, 1.54) is 16.4 Å². The van der Waals surface area contributed by atoms with Gasteiger partial charge in [-0.25, -0.2) is 8.42 Å². The van der Waals surface area contributed by atoms with Gasteiger partial charge in [0.05, 0.1) is 16.7 Å². The molecule has 19 heavy (non-hydrogen) atoms. The molecule has 1 rings (SSSR count). The van der Waals surface area contributed by atoms with Crippen LogP contribution < -0.4 is 0 Å². The molecule has 0 aromatic heterocycles. The van der Waals surface area contributed by atoms with Crippen molar-refractivity contribution in [3.05, 3.63) is 28.2 Å². The lowest BCUT2D eigenvalue weighted by molar-refractivity contribution is 0.252. The fourth-order valence-corrected chi connectivity index (χ4v) is 4.22. The van der Waals surface area contributed by atoms with Gasteiger partial charge in [0.1, 0.15) is 4.90 Å². The molecule has 1 N–H and O–H groups in total. The molecule has 7 heteroatoms. The average molecular weight is 326 g/mol. The first-order chi connectivity index (χ1) is 8.95. The minimum Gasteiger partial charge on any atom is -0.395 e. The van der Waals surface area contributed by atoms with E-state index in [9.17, 15) is 8.42 Å². The summed E-state index contributed by atoms with van der Waals surface area (Å²) in [7, 11) is -3.79. The fraction of sp³-hybridized carbons (Fsp3) is 0.500. The van der Waals surface area contributed by atoms with Crippen LogP contribution in [0.4, 0.5) is 0 Å². The summed E-state index contributed by atoms with van der Waals surface area (Å²) >= 11 is 11.9. The second kappa shape index (κ2) is 7.45. The minimum atomic E-state index is -3.79. The highest BCUT2D eigenvalue weighted by Gasteiger charge is 2.28. The van der Waals surface area contributed by atoms with E-state index in [2.05, 4.69) is 0 Å².